The van der Waals surface area contributed by atoms with Crippen LogP contribution in [0.4, 0.5) is 0 Å². The lowest BCUT2D eigenvalue weighted by molar-refractivity contribution is 0.349. The van der Waals surface area contributed by atoms with Gasteiger partial charge >= 0.3 is 0 Å². The summed E-state index contributed by atoms with van der Waals surface area (Å²) < 4.78 is 2.35. The van der Waals surface area contributed by atoms with E-state index in [4.69, 9.17) is 0 Å². The highest BCUT2D eigenvalue weighted by atomic mass is 15.0. The van der Waals surface area contributed by atoms with Crippen LogP contribution in [-0.4, -0.2) is 4.57 Å². The maximum absolute atomic E-state index is 2.35. The zero-order valence-electron chi connectivity index (χ0n) is 10.0. The van der Waals surface area contributed by atoms with Gasteiger partial charge in [-0.1, -0.05) is 32.9 Å². The molecule has 15 heavy (non-hydrogen) atoms. The molecule has 0 spiro atoms. The summed E-state index contributed by atoms with van der Waals surface area (Å²) in [5.41, 5.74) is 3.01. The molecule has 0 atom stereocenters. The molecule has 1 heteroatoms. The smallest absolute Gasteiger partial charge is 0.0483 e. The third kappa shape index (κ3) is 2.23. The van der Waals surface area contributed by atoms with Gasteiger partial charge < -0.3 is 4.57 Å². The van der Waals surface area contributed by atoms with E-state index in [0.29, 0.717) is 5.41 Å². The summed E-state index contributed by atoms with van der Waals surface area (Å²) in [7, 11) is 0. The van der Waals surface area contributed by atoms with Crippen LogP contribution < -0.4 is 0 Å². The number of benzene rings is 1. The van der Waals surface area contributed by atoms with Crippen molar-refractivity contribution in [3.05, 3.63) is 36.0 Å². The van der Waals surface area contributed by atoms with E-state index in [0.717, 1.165) is 6.54 Å². The van der Waals surface area contributed by atoms with Crippen molar-refractivity contribution >= 4 is 10.9 Å². The highest BCUT2D eigenvalue weighted by Crippen LogP contribution is 2.22. The molecule has 1 heterocycles. The summed E-state index contributed by atoms with van der Waals surface area (Å²) in [6.45, 7) is 10.0. The molecule has 0 saturated carbocycles. The SMILES string of the molecule is Cc1ccc2ccn(CC(C)(C)C)c2c1. The van der Waals surface area contributed by atoms with Crippen LogP contribution >= 0.6 is 0 Å². The Hall–Kier alpha value is -1.24. The molecule has 1 nitrogen and oxygen atoms in total. The Morgan fingerprint density at radius 2 is 1.87 bits per heavy atom. The van der Waals surface area contributed by atoms with Crippen LogP contribution in [0.2, 0.25) is 0 Å². The van der Waals surface area contributed by atoms with Gasteiger partial charge in [0.1, 0.15) is 0 Å². The second-order valence-corrected chi connectivity index (χ2v) is 5.57. The number of hydrogen-bond acceptors (Lipinski definition) is 0. The average Bonchev–Trinajstić information content (AvgIpc) is 2.46. The van der Waals surface area contributed by atoms with Gasteiger partial charge in [0.05, 0.1) is 0 Å². The number of nitrogens with zero attached hydrogens (tertiary/aromatic N) is 1. The van der Waals surface area contributed by atoms with Crippen molar-refractivity contribution in [1.29, 1.82) is 0 Å². The third-order valence-corrected chi connectivity index (χ3v) is 2.57. The van der Waals surface area contributed by atoms with Gasteiger partial charge in [0.15, 0.2) is 0 Å². The molecule has 0 fully saturated rings. The molecule has 0 unspecified atom stereocenters. The second-order valence-electron chi connectivity index (χ2n) is 5.57. The van der Waals surface area contributed by atoms with Crippen LogP contribution in [0, 0.1) is 12.3 Å². The van der Waals surface area contributed by atoms with Gasteiger partial charge in [-0.05, 0) is 35.4 Å². The second kappa shape index (κ2) is 3.41. The van der Waals surface area contributed by atoms with Gasteiger partial charge in [0.2, 0.25) is 0 Å². The largest absolute Gasteiger partial charge is 0.347 e. The molecule has 1 aromatic carbocycles. The van der Waals surface area contributed by atoms with Gasteiger partial charge in [-0.15, -0.1) is 0 Å². The first kappa shape index (κ1) is 10.3. The lowest BCUT2D eigenvalue weighted by Crippen LogP contribution is -2.14. The molecule has 0 saturated heterocycles. The van der Waals surface area contributed by atoms with Crippen LogP contribution in [0.3, 0.4) is 0 Å². The zero-order chi connectivity index (χ0) is 11.1. The van der Waals surface area contributed by atoms with Crippen LogP contribution in [0.15, 0.2) is 30.5 Å². The Labute approximate surface area is 91.7 Å². The molecule has 2 rings (SSSR count). The Morgan fingerprint density at radius 1 is 1.13 bits per heavy atom. The summed E-state index contributed by atoms with van der Waals surface area (Å²) in [5.74, 6) is 0. The maximum atomic E-state index is 2.35. The number of aromatic nitrogens is 1. The van der Waals surface area contributed by atoms with Crippen LogP contribution in [0.25, 0.3) is 10.9 Å². The highest BCUT2D eigenvalue weighted by molar-refractivity contribution is 5.80. The fraction of sp³-hybridized carbons (Fsp3) is 0.429. The Bertz CT molecular complexity index is 472. The van der Waals surface area contributed by atoms with E-state index in [2.05, 4.69) is 62.7 Å². The van der Waals surface area contributed by atoms with Crippen molar-refractivity contribution in [3.8, 4) is 0 Å². The molecule has 1 aromatic heterocycles. The van der Waals surface area contributed by atoms with Crippen LogP contribution in [0.5, 0.6) is 0 Å². The quantitative estimate of drug-likeness (QED) is 0.657. The Balaban J connectivity index is 2.48. The normalized spacial score (nSPS) is 12.3. The van der Waals surface area contributed by atoms with E-state index < -0.39 is 0 Å². The summed E-state index contributed by atoms with van der Waals surface area (Å²) in [5, 5.41) is 1.34. The van der Waals surface area contributed by atoms with Gasteiger partial charge in [-0.3, -0.25) is 0 Å². The predicted molar refractivity (Wildman–Crippen MR) is 66.1 cm³/mol. The van der Waals surface area contributed by atoms with Crippen molar-refractivity contribution in [2.45, 2.75) is 34.2 Å². The Kier molecular flexibility index (Phi) is 2.34. The molecule has 0 aliphatic carbocycles. The van der Waals surface area contributed by atoms with Crippen molar-refractivity contribution < 1.29 is 0 Å². The summed E-state index contributed by atoms with van der Waals surface area (Å²) in [6.07, 6.45) is 2.19. The Morgan fingerprint density at radius 3 is 2.53 bits per heavy atom. The van der Waals surface area contributed by atoms with Crippen LogP contribution in [0.1, 0.15) is 26.3 Å². The lowest BCUT2D eigenvalue weighted by Gasteiger charge is -2.19. The van der Waals surface area contributed by atoms with E-state index in [1.165, 1.54) is 16.5 Å². The molecule has 80 valence electrons. The number of hydrogen-bond donors (Lipinski definition) is 0. The zero-order valence-corrected chi connectivity index (χ0v) is 10.0. The molecule has 0 aliphatic rings. The van der Waals surface area contributed by atoms with Gasteiger partial charge in [-0.25, -0.2) is 0 Å². The fourth-order valence-electron chi connectivity index (χ4n) is 1.94. The topological polar surface area (TPSA) is 4.93 Å². The standard InChI is InChI=1S/C14H19N/c1-11-5-6-12-7-8-15(13(12)9-11)10-14(2,3)4/h5-9H,10H2,1-4H3. The molecular weight excluding hydrogens is 182 g/mol. The van der Waals surface area contributed by atoms with Gasteiger partial charge in [0.25, 0.3) is 0 Å². The summed E-state index contributed by atoms with van der Waals surface area (Å²) in [6, 6.07) is 8.83. The third-order valence-electron chi connectivity index (χ3n) is 2.57. The molecule has 2 aromatic rings. The first-order valence-corrected chi connectivity index (χ1v) is 5.51. The maximum Gasteiger partial charge on any atom is 0.0483 e. The molecular formula is C14H19N. The van der Waals surface area contributed by atoms with E-state index in [-0.39, 0.29) is 0 Å². The molecule has 0 amide bonds. The van der Waals surface area contributed by atoms with Crippen molar-refractivity contribution in [3.63, 3.8) is 0 Å². The number of rotatable bonds is 1. The van der Waals surface area contributed by atoms with Crippen LogP contribution in [-0.2, 0) is 6.54 Å². The van der Waals surface area contributed by atoms with Gasteiger partial charge in [-0.2, -0.15) is 0 Å². The minimum absolute atomic E-state index is 0.329. The minimum atomic E-state index is 0.329. The van der Waals surface area contributed by atoms with Crippen molar-refractivity contribution in [1.82, 2.24) is 4.57 Å². The van der Waals surface area contributed by atoms with E-state index in [1.54, 1.807) is 0 Å². The predicted octanol–water partition coefficient (Wildman–Crippen LogP) is 4.00. The summed E-state index contributed by atoms with van der Waals surface area (Å²) in [4.78, 5) is 0. The van der Waals surface area contributed by atoms with E-state index >= 15 is 0 Å². The highest BCUT2D eigenvalue weighted by Gasteiger charge is 2.12. The molecule has 0 radical (unpaired) electrons. The minimum Gasteiger partial charge on any atom is -0.347 e. The molecule has 0 N–H and O–H groups in total. The monoisotopic (exact) mass is 201 g/mol. The average molecular weight is 201 g/mol. The number of fused-ring (bicyclic) bond motifs is 1. The molecule has 0 bridgehead atoms. The van der Waals surface area contributed by atoms with Crippen molar-refractivity contribution in [2.24, 2.45) is 5.41 Å². The first-order chi connectivity index (χ1) is 6.96. The lowest BCUT2D eigenvalue weighted by atomic mass is 9.97. The van der Waals surface area contributed by atoms with Gasteiger partial charge in [0, 0.05) is 18.3 Å². The van der Waals surface area contributed by atoms with E-state index in [9.17, 15) is 0 Å². The fourth-order valence-corrected chi connectivity index (χ4v) is 1.94. The molecule has 0 aliphatic heterocycles. The van der Waals surface area contributed by atoms with Crippen molar-refractivity contribution in [2.75, 3.05) is 0 Å². The first-order valence-electron chi connectivity index (χ1n) is 5.51. The van der Waals surface area contributed by atoms with E-state index in [1.807, 2.05) is 0 Å². The number of aryl methyl sites for hydroxylation is 1. The summed E-state index contributed by atoms with van der Waals surface area (Å²) >= 11 is 0.